The van der Waals surface area contributed by atoms with Gasteiger partial charge in [0.25, 0.3) is 0 Å². The molecule has 0 saturated heterocycles. The van der Waals surface area contributed by atoms with Crippen molar-refractivity contribution < 1.29 is 9.47 Å². The highest BCUT2D eigenvalue weighted by molar-refractivity contribution is 9.10. The van der Waals surface area contributed by atoms with Gasteiger partial charge in [0.05, 0.1) is 16.7 Å². The van der Waals surface area contributed by atoms with E-state index in [0.717, 1.165) is 32.7 Å². The second-order valence-electron chi connectivity index (χ2n) is 4.77. The highest BCUT2D eigenvalue weighted by atomic mass is 79.9. The number of nitrogens with zero attached hydrogens (tertiary/aromatic N) is 2. The van der Waals surface area contributed by atoms with Gasteiger partial charge in [-0.05, 0) is 30.3 Å². The summed E-state index contributed by atoms with van der Waals surface area (Å²) in [6.45, 7) is 1.14. The molecule has 5 nitrogen and oxygen atoms in total. The SMILES string of the molecule is Nc1nc2ccc(Br)cc2n1-c1ccc2c(c1)OCCO2. The molecular weight excluding hydrogens is 334 g/mol. The smallest absolute Gasteiger partial charge is 0.205 e. The molecule has 0 amide bonds. The van der Waals surface area contributed by atoms with Crippen molar-refractivity contribution in [3.8, 4) is 17.2 Å². The molecule has 0 saturated carbocycles. The van der Waals surface area contributed by atoms with Crippen LogP contribution in [0.5, 0.6) is 11.5 Å². The molecule has 0 radical (unpaired) electrons. The third-order valence-electron chi connectivity index (χ3n) is 3.43. The van der Waals surface area contributed by atoms with Crippen molar-refractivity contribution >= 4 is 32.9 Å². The minimum Gasteiger partial charge on any atom is -0.486 e. The Morgan fingerprint density at radius 2 is 1.86 bits per heavy atom. The first-order chi connectivity index (χ1) is 10.2. The van der Waals surface area contributed by atoms with Gasteiger partial charge in [-0.3, -0.25) is 4.57 Å². The van der Waals surface area contributed by atoms with Crippen molar-refractivity contribution in [3.05, 3.63) is 40.9 Å². The topological polar surface area (TPSA) is 62.3 Å². The quantitative estimate of drug-likeness (QED) is 0.735. The number of anilines is 1. The Morgan fingerprint density at radius 3 is 2.71 bits per heavy atom. The zero-order valence-electron chi connectivity index (χ0n) is 11.0. The number of imidazole rings is 1. The first-order valence-electron chi connectivity index (χ1n) is 6.56. The molecule has 106 valence electrons. The van der Waals surface area contributed by atoms with E-state index in [-0.39, 0.29) is 0 Å². The van der Waals surface area contributed by atoms with E-state index in [1.165, 1.54) is 0 Å². The van der Waals surface area contributed by atoms with Crippen LogP contribution < -0.4 is 15.2 Å². The van der Waals surface area contributed by atoms with Gasteiger partial charge in [-0.15, -0.1) is 0 Å². The number of nitrogens with two attached hydrogens (primary N) is 1. The molecule has 2 aromatic carbocycles. The zero-order valence-corrected chi connectivity index (χ0v) is 12.6. The Hall–Kier alpha value is -2.21. The lowest BCUT2D eigenvalue weighted by Crippen LogP contribution is -2.15. The number of fused-ring (bicyclic) bond motifs is 2. The van der Waals surface area contributed by atoms with Gasteiger partial charge < -0.3 is 15.2 Å². The minimum absolute atomic E-state index is 0.444. The largest absolute Gasteiger partial charge is 0.486 e. The Bertz CT molecular complexity index is 844. The molecular formula is C15H12BrN3O2. The Labute approximate surface area is 129 Å². The maximum Gasteiger partial charge on any atom is 0.205 e. The van der Waals surface area contributed by atoms with Crippen LogP contribution in [0.2, 0.25) is 0 Å². The van der Waals surface area contributed by atoms with Gasteiger partial charge in [-0.2, -0.15) is 0 Å². The van der Waals surface area contributed by atoms with Crippen LogP contribution in [-0.2, 0) is 0 Å². The maximum absolute atomic E-state index is 6.08. The van der Waals surface area contributed by atoms with Gasteiger partial charge in [0.15, 0.2) is 11.5 Å². The molecule has 1 aliphatic heterocycles. The molecule has 4 rings (SSSR count). The van der Waals surface area contributed by atoms with Crippen molar-refractivity contribution in [2.75, 3.05) is 18.9 Å². The molecule has 0 aliphatic carbocycles. The Balaban J connectivity index is 1.93. The fourth-order valence-electron chi connectivity index (χ4n) is 2.51. The fourth-order valence-corrected chi connectivity index (χ4v) is 2.86. The number of rotatable bonds is 1. The summed E-state index contributed by atoms with van der Waals surface area (Å²) in [6, 6.07) is 11.6. The van der Waals surface area contributed by atoms with Crippen LogP contribution in [0.25, 0.3) is 16.7 Å². The molecule has 0 bridgehead atoms. The second kappa shape index (κ2) is 4.66. The van der Waals surface area contributed by atoms with Crippen LogP contribution in [-0.4, -0.2) is 22.8 Å². The van der Waals surface area contributed by atoms with E-state index in [2.05, 4.69) is 20.9 Å². The van der Waals surface area contributed by atoms with E-state index in [1.807, 2.05) is 41.0 Å². The first kappa shape index (κ1) is 12.5. The third kappa shape index (κ3) is 2.03. The van der Waals surface area contributed by atoms with Crippen LogP contribution in [0.3, 0.4) is 0 Å². The number of aromatic nitrogens is 2. The van der Waals surface area contributed by atoms with Crippen LogP contribution >= 0.6 is 15.9 Å². The van der Waals surface area contributed by atoms with Gasteiger partial charge in [-0.1, -0.05) is 15.9 Å². The normalized spacial score (nSPS) is 13.6. The average Bonchev–Trinajstić information content (AvgIpc) is 2.82. The number of hydrogen-bond donors (Lipinski definition) is 1. The molecule has 3 aromatic rings. The van der Waals surface area contributed by atoms with Gasteiger partial charge >= 0.3 is 0 Å². The lowest BCUT2D eigenvalue weighted by molar-refractivity contribution is 0.171. The summed E-state index contributed by atoms with van der Waals surface area (Å²) in [7, 11) is 0. The van der Waals surface area contributed by atoms with Gasteiger partial charge in [0.2, 0.25) is 5.95 Å². The van der Waals surface area contributed by atoms with E-state index in [9.17, 15) is 0 Å². The van der Waals surface area contributed by atoms with E-state index >= 15 is 0 Å². The molecule has 1 aliphatic rings. The average molecular weight is 346 g/mol. The van der Waals surface area contributed by atoms with Crippen LogP contribution in [0, 0.1) is 0 Å². The zero-order chi connectivity index (χ0) is 14.4. The maximum atomic E-state index is 6.08. The summed E-state index contributed by atoms with van der Waals surface area (Å²) in [4.78, 5) is 4.39. The summed E-state index contributed by atoms with van der Waals surface area (Å²) in [5.74, 6) is 1.93. The first-order valence-corrected chi connectivity index (χ1v) is 7.35. The summed E-state index contributed by atoms with van der Waals surface area (Å²) >= 11 is 3.48. The highest BCUT2D eigenvalue weighted by Gasteiger charge is 2.15. The van der Waals surface area contributed by atoms with Crippen molar-refractivity contribution in [2.45, 2.75) is 0 Å². The van der Waals surface area contributed by atoms with Crippen LogP contribution in [0.4, 0.5) is 5.95 Å². The summed E-state index contributed by atoms with van der Waals surface area (Å²) in [6.07, 6.45) is 0. The number of ether oxygens (including phenoxy) is 2. The van der Waals surface area contributed by atoms with Crippen LogP contribution in [0.15, 0.2) is 40.9 Å². The van der Waals surface area contributed by atoms with Gasteiger partial charge in [0, 0.05) is 10.5 Å². The predicted octanol–water partition coefficient (Wildman–Crippen LogP) is 3.14. The Kier molecular flexibility index (Phi) is 2.78. The second-order valence-corrected chi connectivity index (χ2v) is 5.68. The minimum atomic E-state index is 0.444. The van der Waals surface area contributed by atoms with Gasteiger partial charge in [0.1, 0.15) is 13.2 Å². The molecule has 0 unspecified atom stereocenters. The predicted molar refractivity (Wildman–Crippen MR) is 84.2 cm³/mol. The summed E-state index contributed by atoms with van der Waals surface area (Å²) < 4.78 is 14.1. The van der Waals surface area contributed by atoms with E-state index in [1.54, 1.807) is 0 Å². The molecule has 2 heterocycles. The van der Waals surface area contributed by atoms with Gasteiger partial charge in [-0.25, -0.2) is 4.98 Å². The number of hydrogen-bond acceptors (Lipinski definition) is 4. The lowest BCUT2D eigenvalue weighted by Gasteiger charge is -2.19. The fraction of sp³-hybridized carbons (Fsp3) is 0.133. The molecule has 0 fully saturated rings. The highest BCUT2D eigenvalue weighted by Crippen LogP contribution is 2.34. The monoisotopic (exact) mass is 345 g/mol. The lowest BCUT2D eigenvalue weighted by atomic mass is 10.2. The summed E-state index contributed by atoms with van der Waals surface area (Å²) in [5.41, 5.74) is 8.77. The molecule has 0 spiro atoms. The van der Waals surface area contributed by atoms with Crippen molar-refractivity contribution in [3.63, 3.8) is 0 Å². The molecule has 6 heteroatoms. The molecule has 1 aromatic heterocycles. The summed E-state index contributed by atoms with van der Waals surface area (Å²) in [5, 5.41) is 0. The third-order valence-corrected chi connectivity index (χ3v) is 3.92. The van der Waals surface area contributed by atoms with Crippen molar-refractivity contribution in [1.82, 2.24) is 9.55 Å². The van der Waals surface area contributed by atoms with Crippen molar-refractivity contribution in [1.29, 1.82) is 0 Å². The molecule has 21 heavy (non-hydrogen) atoms. The number of nitrogen functional groups attached to an aromatic ring is 1. The Morgan fingerprint density at radius 1 is 1.05 bits per heavy atom. The number of benzene rings is 2. The number of halogens is 1. The van der Waals surface area contributed by atoms with E-state index < -0.39 is 0 Å². The standard InChI is InChI=1S/C15H12BrN3O2/c16-9-1-3-11-12(7-9)19(15(17)18-11)10-2-4-13-14(8-10)21-6-5-20-13/h1-4,7-8H,5-6H2,(H2,17,18). The van der Waals surface area contributed by atoms with Crippen LogP contribution in [0.1, 0.15) is 0 Å². The van der Waals surface area contributed by atoms with E-state index in [4.69, 9.17) is 15.2 Å². The molecule has 0 atom stereocenters. The van der Waals surface area contributed by atoms with Crippen molar-refractivity contribution in [2.24, 2.45) is 0 Å². The van der Waals surface area contributed by atoms with E-state index in [0.29, 0.717) is 19.2 Å². The molecule has 2 N–H and O–H groups in total.